The molecule has 0 radical (unpaired) electrons. The molecule has 4 nitrogen and oxygen atoms in total. The predicted molar refractivity (Wildman–Crippen MR) is 104 cm³/mol. The third-order valence-corrected chi connectivity index (χ3v) is 6.23. The Morgan fingerprint density at radius 2 is 1.88 bits per heavy atom. The number of aryl methyl sites for hydroxylation is 2. The van der Waals surface area contributed by atoms with E-state index in [2.05, 4.69) is 17.2 Å². The van der Waals surface area contributed by atoms with Crippen LogP contribution >= 0.6 is 22.7 Å². The summed E-state index contributed by atoms with van der Waals surface area (Å²) < 4.78 is 0. The van der Waals surface area contributed by atoms with E-state index in [-0.39, 0.29) is 11.7 Å². The van der Waals surface area contributed by atoms with Crippen LogP contribution in [0.4, 0.5) is 5.13 Å². The fraction of sp³-hybridized carbons (Fsp3) is 0.211. The first kappa shape index (κ1) is 17.5. The molecule has 0 aliphatic heterocycles. The second-order valence-electron chi connectivity index (χ2n) is 5.64. The van der Waals surface area contributed by atoms with Gasteiger partial charge in [-0.2, -0.15) is 0 Å². The standard InChI is InChI=1S/C19H18N2O2S2/c1-4-14-11(2)10-15(24-14)18(23)21-19-20-16(17(25-19)12(3)22)13-8-6-5-7-9-13/h5-10H,4H2,1-3H3,(H,20,21,23). The molecule has 1 N–H and O–H groups in total. The van der Waals surface area contributed by atoms with Gasteiger partial charge in [0.1, 0.15) is 0 Å². The number of rotatable bonds is 5. The van der Waals surface area contributed by atoms with Crippen molar-refractivity contribution in [2.24, 2.45) is 0 Å². The van der Waals surface area contributed by atoms with Crippen LogP contribution in [0.15, 0.2) is 36.4 Å². The summed E-state index contributed by atoms with van der Waals surface area (Å²) in [5.41, 5.74) is 2.61. The molecule has 3 rings (SSSR count). The van der Waals surface area contributed by atoms with Gasteiger partial charge in [0.15, 0.2) is 10.9 Å². The molecule has 128 valence electrons. The van der Waals surface area contributed by atoms with Gasteiger partial charge in [-0.1, -0.05) is 48.6 Å². The monoisotopic (exact) mass is 370 g/mol. The SMILES string of the molecule is CCc1sc(C(=O)Nc2nc(-c3ccccc3)c(C(C)=O)s2)cc1C. The molecule has 2 aromatic heterocycles. The van der Waals surface area contributed by atoms with Gasteiger partial charge in [0, 0.05) is 17.4 Å². The molecule has 25 heavy (non-hydrogen) atoms. The first-order chi connectivity index (χ1) is 12.0. The van der Waals surface area contributed by atoms with E-state index in [1.807, 2.05) is 43.3 Å². The van der Waals surface area contributed by atoms with Crippen LogP contribution in [0.2, 0.25) is 0 Å². The molecular weight excluding hydrogens is 352 g/mol. The molecular formula is C19H18N2O2S2. The van der Waals surface area contributed by atoms with Crippen LogP contribution in [0, 0.1) is 6.92 Å². The Bertz CT molecular complexity index is 926. The lowest BCUT2D eigenvalue weighted by Gasteiger charge is -1.99. The summed E-state index contributed by atoms with van der Waals surface area (Å²) in [5, 5.41) is 3.28. The van der Waals surface area contributed by atoms with Crippen LogP contribution in [0.25, 0.3) is 11.3 Å². The molecule has 0 spiro atoms. The van der Waals surface area contributed by atoms with Gasteiger partial charge in [-0.3, -0.25) is 14.9 Å². The Hall–Kier alpha value is -2.31. The number of carbonyl (C=O) groups excluding carboxylic acids is 2. The van der Waals surface area contributed by atoms with Crippen molar-refractivity contribution in [2.75, 3.05) is 5.32 Å². The van der Waals surface area contributed by atoms with Crippen LogP contribution in [0.5, 0.6) is 0 Å². The number of nitrogens with one attached hydrogen (secondary N) is 1. The maximum Gasteiger partial charge on any atom is 0.267 e. The van der Waals surface area contributed by atoms with Crippen LogP contribution in [0.3, 0.4) is 0 Å². The summed E-state index contributed by atoms with van der Waals surface area (Å²) >= 11 is 2.71. The summed E-state index contributed by atoms with van der Waals surface area (Å²) in [6.45, 7) is 5.60. The van der Waals surface area contributed by atoms with E-state index in [1.54, 1.807) is 0 Å². The van der Waals surface area contributed by atoms with Gasteiger partial charge >= 0.3 is 0 Å². The van der Waals surface area contributed by atoms with Crippen molar-refractivity contribution in [1.82, 2.24) is 4.98 Å². The van der Waals surface area contributed by atoms with Crippen molar-refractivity contribution in [3.63, 3.8) is 0 Å². The number of Topliss-reactive ketones (excluding diaryl/α,β-unsaturated/α-hetero) is 1. The highest BCUT2D eigenvalue weighted by Crippen LogP contribution is 2.32. The average Bonchev–Trinajstić information content (AvgIpc) is 3.19. The number of hydrogen-bond acceptors (Lipinski definition) is 5. The lowest BCUT2D eigenvalue weighted by atomic mass is 10.1. The number of amides is 1. The highest BCUT2D eigenvalue weighted by Gasteiger charge is 2.19. The molecule has 2 heterocycles. The summed E-state index contributed by atoms with van der Waals surface area (Å²) in [6, 6.07) is 11.4. The minimum atomic E-state index is -0.184. The molecule has 0 fully saturated rings. The van der Waals surface area contributed by atoms with E-state index in [4.69, 9.17) is 0 Å². The third-order valence-electron chi connectivity index (χ3n) is 3.78. The zero-order valence-electron chi connectivity index (χ0n) is 14.3. The summed E-state index contributed by atoms with van der Waals surface area (Å²) in [5.74, 6) is -0.242. The van der Waals surface area contributed by atoms with Crippen LogP contribution in [-0.4, -0.2) is 16.7 Å². The number of anilines is 1. The van der Waals surface area contributed by atoms with Crippen molar-refractivity contribution >= 4 is 39.5 Å². The molecule has 0 aliphatic rings. The van der Waals surface area contributed by atoms with Gasteiger partial charge in [-0.05, 0) is 25.0 Å². The number of thiazole rings is 1. The zero-order chi connectivity index (χ0) is 18.0. The van der Waals surface area contributed by atoms with Crippen molar-refractivity contribution in [3.8, 4) is 11.3 Å². The number of thiophene rings is 1. The van der Waals surface area contributed by atoms with Gasteiger partial charge < -0.3 is 0 Å². The van der Waals surface area contributed by atoms with E-state index in [0.29, 0.717) is 20.6 Å². The van der Waals surface area contributed by atoms with Gasteiger partial charge in [0.2, 0.25) is 0 Å². The predicted octanol–water partition coefficient (Wildman–Crippen LogP) is 5.20. The van der Waals surface area contributed by atoms with Crippen molar-refractivity contribution in [1.29, 1.82) is 0 Å². The zero-order valence-corrected chi connectivity index (χ0v) is 15.9. The normalized spacial score (nSPS) is 10.7. The Kier molecular flexibility index (Phi) is 5.11. The van der Waals surface area contributed by atoms with Gasteiger partial charge in [-0.15, -0.1) is 11.3 Å². The third kappa shape index (κ3) is 3.70. The quantitative estimate of drug-likeness (QED) is 0.628. The maximum absolute atomic E-state index is 12.5. The molecule has 6 heteroatoms. The highest BCUT2D eigenvalue weighted by molar-refractivity contribution is 7.18. The lowest BCUT2D eigenvalue weighted by Crippen LogP contribution is -2.09. The fourth-order valence-electron chi connectivity index (χ4n) is 2.55. The van der Waals surface area contributed by atoms with E-state index < -0.39 is 0 Å². The molecule has 0 aliphatic carbocycles. The van der Waals surface area contributed by atoms with Crippen molar-refractivity contribution in [2.45, 2.75) is 27.2 Å². The van der Waals surface area contributed by atoms with Gasteiger partial charge in [0.05, 0.1) is 15.4 Å². The number of carbonyl (C=O) groups is 2. The molecule has 0 atom stereocenters. The molecule has 0 saturated heterocycles. The Labute approximate surface area is 154 Å². The Morgan fingerprint density at radius 1 is 1.16 bits per heavy atom. The second kappa shape index (κ2) is 7.29. The molecule has 1 amide bonds. The number of hydrogen-bond donors (Lipinski definition) is 1. The maximum atomic E-state index is 12.5. The highest BCUT2D eigenvalue weighted by atomic mass is 32.1. The van der Waals surface area contributed by atoms with Crippen LogP contribution in [0.1, 0.15) is 43.6 Å². The number of aromatic nitrogens is 1. The molecule has 1 aromatic carbocycles. The largest absolute Gasteiger partial charge is 0.297 e. The number of benzene rings is 1. The minimum Gasteiger partial charge on any atom is -0.297 e. The van der Waals surface area contributed by atoms with E-state index >= 15 is 0 Å². The van der Waals surface area contributed by atoms with Crippen LogP contribution < -0.4 is 5.32 Å². The topological polar surface area (TPSA) is 59.1 Å². The fourth-order valence-corrected chi connectivity index (χ4v) is 4.43. The smallest absolute Gasteiger partial charge is 0.267 e. The summed E-state index contributed by atoms with van der Waals surface area (Å²) in [6.07, 6.45) is 0.910. The minimum absolute atomic E-state index is 0.0583. The Balaban J connectivity index is 1.90. The second-order valence-corrected chi connectivity index (χ2v) is 7.78. The molecule has 3 aromatic rings. The first-order valence-corrected chi connectivity index (χ1v) is 9.60. The number of ketones is 1. The van der Waals surface area contributed by atoms with Crippen molar-refractivity contribution in [3.05, 3.63) is 56.6 Å². The molecule has 0 saturated carbocycles. The average molecular weight is 370 g/mol. The van der Waals surface area contributed by atoms with Gasteiger partial charge in [0.25, 0.3) is 5.91 Å². The Morgan fingerprint density at radius 3 is 2.48 bits per heavy atom. The molecule has 0 bridgehead atoms. The first-order valence-electron chi connectivity index (χ1n) is 7.97. The summed E-state index contributed by atoms with van der Waals surface area (Å²) in [4.78, 5) is 31.4. The van der Waals surface area contributed by atoms with Crippen LogP contribution in [-0.2, 0) is 6.42 Å². The number of nitrogens with zero attached hydrogens (tertiary/aromatic N) is 1. The summed E-state index contributed by atoms with van der Waals surface area (Å²) in [7, 11) is 0. The van der Waals surface area contributed by atoms with E-state index in [0.717, 1.165) is 17.5 Å². The van der Waals surface area contributed by atoms with Crippen molar-refractivity contribution < 1.29 is 9.59 Å². The lowest BCUT2D eigenvalue weighted by molar-refractivity contribution is 0.101. The van der Waals surface area contributed by atoms with E-state index in [9.17, 15) is 9.59 Å². The van der Waals surface area contributed by atoms with E-state index in [1.165, 1.54) is 34.5 Å². The van der Waals surface area contributed by atoms with Gasteiger partial charge in [-0.25, -0.2) is 4.98 Å². The molecule has 0 unspecified atom stereocenters.